The van der Waals surface area contributed by atoms with E-state index in [1.54, 1.807) is 12.4 Å². The van der Waals surface area contributed by atoms with Gasteiger partial charge in [-0.25, -0.2) is 4.48 Å². The van der Waals surface area contributed by atoms with Crippen LogP contribution in [0.4, 0.5) is 0 Å². The summed E-state index contributed by atoms with van der Waals surface area (Å²) in [5.74, 6) is 0. The summed E-state index contributed by atoms with van der Waals surface area (Å²) in [6.45, 7) is -0.0574. The summed E-state index contributed by atoms with van der Waals surface area (Å²) in [5.41, 5.74) is 1.58. The molecule has 13 heavy (non-hydrogen) atoms. The zero-order valence-electron chi connectivity index (χ0n) is 7.11. The average molecular weight is 243 g/mol. The van der Waals surface area contributed by atoms with Gasteiger partial charge in [0.25, 0.3) is 4.74 Å². The van der Waals surface area contributed by atoms with Crippen molar-refractivity contribution in [3.63, 3.8) is 0 Å². The predicted molar refractivity (Wildman–Crippen MR) is 54.3 cm³/mol. The highest BCUT2D eigenvalue weighted by molar-refractivity contribution is 9.18. The highest BCUT2D eigenvalue weighted by Crippen LogP contribution is 2.31. The molecule has 0 bridgehead atoms. The molecule has 2 aliphatic rings. The number of quaternary nitrogens is 1. The van der Waals surface area contributed by atoms with Crippen LogP contribution in [-0.4, -0.2) is 34.2 Å². The molecule has 0 saturated heterocycles. The van der Waals surface area contributed by atoms with Crippen molar-refractivity contribution in [1.29, 1.82) is 0 Å². The lowest BCUT2D eigenvalue weighted by atomic mass is 10.3. The predicted octanol–water partition coefficient (Wildman–Crippen LogP) is 0.957. The summed E-state index contributed by atoms with van der Waals surface area (Å²) >= 11 is 3.37. The van der Waals surface area contributed by atoms with E-state index in [-0.39, 0.29) is 6.61 Å². The van der Waals surface area contributed by atoms with Crippen LogP contribution < -0.4 is 0 Å². The molecule has 2 heterocycles. The van der Waals surface area contributed by atoms with Crippen molar-refractivity contribution in [2.75, 3.05) is 13.7 Å². The molecule has 2 rings (SSSR count). The second kappa shape index (κ2) is 2.87. The van der Waals surface area contributed by atoms with Crippen molar-refractivity contribution in [2.24, 2.45) is 9.98 Å². The van der Waals surface area contributed by atoms with Crippen molar-refractivity contribution in [3.8, 4) is 0 Å². The molecule has 0 saturated carbocycles. The van der Waals surface area contributed by atoms with Crippen molar-refractivity contribution in [3.05, 3.63) is 23.8 Å². The van der Waals surface area contributed by atoms with Gasteiger partial charge in [-0.1, -0.05) is 0 Å². The Balaban J connectivity index is 2.56. The molecular weight excluding hydrogens is 234 g/mol. The second-order valence-corrected chi connectivity index (χ2v) is 3.73. The molecule has 5 heteroatoms. The summed E-state index contributed by atoms with van der Waals surface area (Å²) in [4.78, 5) is 8.23. The Hall–Kier alpha value is -0.780. The zero-order valence-corrected chi connectivity index (χ0v) is 8.69. The van der Waals surface area contributed by atoms with Gasteiger partial charge in [0.15, 0.2) is 5.70 Å². The summed E-state index contributed by atoms with van der Waals surface area (Å²) in [7, 11) is 1.98. The van der Waals surface area contributed by atoms with Crippen LogP contribution in [0.5, 0.6) is 0 Å². The number of aliphatic hydroxyl groups is 1. The van der Waals surface area contributed by atoms with Gasteiger partial charge in [-0.3, -0.25) is 4.99 Å². The molecule has 0 aromatic rings. The number of hydrogen-bond donors (Lipinski definition) is 1. The number of fused-ring (bicyclic) bond motifs is 1. The van der Waals surface area contributed by atoms with Crippen LogP contribution in [0.25, 0.3) is 0 Å². The van der Waals surface area contributed by atoms with E-state index >= 15 is 0 Å². The Bertz CT molecular complexity index is 370. The van der Waals surface area contributed by atoms with Crippen LogP contribution in [0.1, 0.15) is 0 Å². The topological polar surface area (TPSA) is 45.0 Å². The molecule has 0 amide bonds. The van der Waals surface area contributed by atoms with Crippen molar-refractivity contribution in [1.82, 2.24) is 0 Å². The first-order chi connectivity index (χ1) is 6.18. The Labute approximate surface area is 84.3 Å². The summed E-state index contributed by atoms with van der Waals surface area (Å²) in [5, 5.41) is 9.06. The molecule has 2 aliphatic heterocycles. The number of hydrogen-bond acceptors (Lipinski definition) is 3. The number of aliphatic hydroxyl groups excluding tert-OH is 1. The van der Waals surface area contributed by atoms with Crippen LogP contribution in [0.15, 0.2) is 33.8 Å². The molecule has 4 nitrogen and oxygen atoms in total. The molecule has 0 spiro atoms. The van der Waals surface area contributed by atoms with E-state index in [2.05, 4.69) is 25.9 Å². The molecule has 68 valence electrons. The number of halogens is 1. The molecular formula is C8H9BrN3O+. The minimum atomic E-state index is -0.0574. The molecule has 0 aromatic carbocycles. The quantitative estimate of drug-likeness (QED) is 0.541. The Morgan fingerprint density at radius 1 is 1.62 bits per heavy atom. The molecule has 0 aliphatic carbocycles. The normalized spacial score (nSPS) is 30.8. The van der Waals surface area contributed by atoms with E-state index < -0.39 is 0 Å². The largest absolute Gasteiger partial charge is 0.390 e. The minimum absolute atomic E-state index is 0.0574. The van der Waals surface area contributed by atoms with Crippen LogP contribution >= 0.6 is 15.9 Å². The lowest BCUT2D eigenvalue weighted by molar-refractivity contribution is -0.709. The SMILES string of the molecule is C[N+]12C=CN=CC1=C(CO)N=C2Br. The van der Waals surface area contributed by atoms with Gasteiger partial charge in [-0.15, -0.1) is 0 Å². The van der Waals surface area contributed by atoms with E-state index in [1.807, 2.05) is 13.2 Å². The van der Waals surface area contributed by atoms with Crippen LogP contribution in [0, 0.1) is 0 Å². The van der Waals surface area contributed by atoms with Gasteiger partial charge in [-0.2, -0.15) is 4.99 Å². The molecule has 1 N–H and O–H groups in total. The number of amidine groups is 1. The third-order valence-corrected chi connectivity index (χ3v) is 3.12. The third-order valence-electron chi connectivity index (χ3n) is 2.20. The second-order valence-electron chi connectivity index (χ2n) is 3.02. The van der Waals surface area contributed by atoms with Crippen molar-refractivity contribution < 1.29 is 9.59 Å². The van der Waals surface area contributed by atoms with E-state index in [4.69, 9.17) is 5.11 Å². The maximum absolute atomic E-state index is 9.06. The van der Waals surface area contributed by atoms with Gasteiger partial charge in [0.05, 0.1) is 26.1 Å². The molecule has 0 aromatic heterocycles. The number of allylic oxidation sites excluding steroid dienone is 1. The monoisotopic (exact) mass is 242 g/mol. The van der Waals surface area contributed by atoms with E-state index in [0.717, 1.165) is 10.4 Å². The molecule has 1 unspecified atom stereocenters. The van der Waals surface area contributed by atoms with Gasteiger partial charge >= 0.3 is 0 Å². The van der Waals surface area contributed by atoms with Gasteiger partial charge < -0.3 is 5.11 Å². The maximum atomic E-state index is 9.06. The van der Waals surface area contributed by atoms with E-state index in [0.29, 0.717) is 10.2 Å². The minimum Gasteiger partial charge on any atom is -0.390 e. The van der Waals surface area contributed by atoms with Crippen LogP contribution in [-0.2, 0) is 0 Å². The van der Waals surface area contributed by atoms with Crippen molar-refractivity contribution >= 4 is 26.9 Å². The van der Waals surface area contributed by atoms with Crippen LogP contribution in [0.3, 0.4) is 0 Å². The third kappa shape index (κ3) is 1.12. The molecule has 1 atom stereocenters. The summed E-state index contributed by atoms with van der Waals surface area (Å²) in [6, 6.07) is 0. The lowest BCUT2D eigenvalue weighted by Gasteiger charge is -2.24. The molecule has 0 radical (unpaired) electrons. The van der Waals surface area contributed by atoms with Crippen molar-refractivity contribution in [2.45, 2.75) is 0 Å². The maximum Gasteiger partial charge on any atom is 0.281 e. The Kier molecular flexibility index (Phi) is 1.94. The number of rotatable bonds is 1. The smallest absolute Gasteiger partial charge is 0.281 e. The highest BCUT2D eigenvalue weighted by atomic mass is 79.9. The van der Waals surface area contributed by atoms with Gasteiger partial charge in [0, 0.05) is 15.9 Å². The van der Waals surface area contributed by atoms with E-state index in [9.17, 15) is 0 Å². The van der Waals surface area contributed by atoms with Crippen LogP contribution in [0.2, 0.25) is 0 Å². The average Bonchev–Trinajstić information content (AvgIpc) is 2.39. The first-order valence-electron chi connectivity index (χ1n) is 3.85. The highest BCUT2D eigenvalue weighted by Gasteiger charge is 2.39. The molecule has 0 fully saturated rings. The van der Waals surface area contributed by atoms with E-state index in [1.165, 1.54) is 0 Å². The summed E-state index contributed by atoms with van der Waals surface area (Å²) < 4.78 is 1.23. The van der Waals surface area contributed by atoms with Gasteiger partial charge in [0.2, 0.25) is 0 Å². The Morgan fingerprint density at radius 2 is 2.38 bits per heavy atom. The first-order valence-corrected chi connectivity index (χ1v) is 4.64. The fourth-order valence-corrected chi connectivity index (χ4v) is 1.90. The standard InChI is InChI=1S/C8H9BrN3O/c1-12-3-2-10-4-7(12)6(5-13)11-8(12)9/h2-4,13H,5H2,1H3/q+1. The van der Waals surface area contributed by atoms with Gasteiger partial charge in [0.1, 0.15) is 11.9 Å². The zero-order chi connectivity index (χ0) is 9.47. The Morgan fingerprint density at radius 3 is 3.08 bits per heavy atom. The lowest BCUT2D eigenvalue weighted by Crippen LogP contribution is -2.39. The number of aliphatic imine (C=N–C) groups is 2. The number of nitrogens with zero attached hydrogens (tertiary/aromatic N) is 3. The fraction of sp³-hybridized carbons (Fsp3) is 0.250. The summed E-state index contributed by atoms with van der Waals surface area (Å²) in [6.07, 6.45) is 5.36. The first kappa shape index (κ1) is 8.80. The van der Waals surface area contributed by atoms with Gasteiger partial charge in [-0.05, 0) is 0 Å². The fourth-order valence-electron chi connectivity index (χ4n) is 1.38.